The molecular formula is C14H15Cl2NO2. The first-order valence-electron chi connectivity index (χ1n) is 6.17. The van der Waals surface area contributed by atoms with Gasteiger partial charge in [-0.2, -0.15) is 0 Å². The molecular weight excluding hydrogens is 285 g/mol. The van der Waals surface area contributed by atoms with Crippen molar-refractivity contribution in [2.45, 2.75) is 18.9 Å². The maximum Gasteiger partial charge on any atom is 0.246 e. The van der Waals surface area contributed by atoms with Gasteiger partial charge in [-0.1, -0.05) is 35.3 Å². The Morgan fingerprint density at radius 2 is 2.26 bits per heavy atom. The summed E-state index contributed by atoms with van der Waals surface area (Å²) in [6, 6.07) is 5.22. The number of aliphatic hydroxyl groups excluding tert-OH is 1. The van der Waals surface area contributed by atoms with Gasteiger partial charge < -0.3 is 10.0 Å². The van der Waals surface area contributed by atoms with Crippen molar-refractivity contribution in [2.24, 2.45) is 0 Å². The van der Waals surface area contributed by atoms with Crippen LogP contribution >= 0.6 is 23.2 Å². The van der Waals surface area contributed by atoms with Gasteiger partial charge in [0.25, 0.3) is 0 Å². The van der Waals surface area contributed by atoms with Crippen LogP contribution < -0.4 is 0 Å². The van der Waals surface area contributed by atoms with E-state index in [9.17, 15) is 9.90 Å². The predicted octanol–water partition coefficient (Wildman–Crippen LogP) is 2.99. The van der Waals surface area contributed by atoms with E-state index in [1.807, 2.05) is 0 Å². The van der Waals surface area contributed by atoms with Crippen molar-refractivity contribution in [2.75, 3.05) is 13.2 Å². The number of nitrogens with zero attached hydrogens (tertiary/aromatic N) is 1. The van der Waals surface area contributed by atoms with E-state index in [4.69, 9.17) is 23.2 Å². The largest absolute Gasteiger partial charge is 0.394 e. The lowest BCUT2D eigenvalue weighted by atomic mass is 10.2. The monoisotopic (exact) mass is 299 g/mol. The molecule has 0 unspecified atom stereocenters. The molecule has 1 fully saturated rings. The van der Waals surface area contributed by atoms with E-state index in [-0.39, 0.29) is 18.6 Å². The van der Waals surface area contributed by atoms with Crippen molar-refractivity contribution in [1.82, 2.24) is 4.90 Å². The van der Waals surface area contributed by atoms with Crippen LogP contribution in [0.15, 0.2) is 24.3 Å². The van der Waals surface area contributed by atoms with Gasteiger partial charge >= 0.3 is 0 Å². The number of hydrogen-bond acceptors (Lipinski definition) is 2. The summed E-state index contributed by atoms with van der Waals surface area (Å²) in [5, 5.41) is 10.1. The number of likely N-dealkylation sites (tertiary alicyclic amines) is 1. The molecule has 102 valence electrons. The van der Waals surface area contributed by atoms with E-state index < -0.39 is 0 Å². The number of rotatable bonds is 3. The highest BCUT2D eigenvalue weighted by Crippen LogP contribution is 2.26. The quantitative estimate of drug-likeness (QED) is 0.872. The molecule has 1 atom stereocenters. The summed E-state index contributed by atoms with van der Waals surface area (Å²) < 4.78 is 0. The highest BCUT2D eigenvalue weighted by atomic mass is 35.5. The first kappa shape index (κ1) is 14.4. The van der Waals surface area contributed by atoms with Crippen LogP contribution in [0, 0.1) is 0 Å². The molecule has 1 aromatic carbocycles. The van der Waals surface area contributed by atoms with Crippen LogP contribution in [0.3, 0.4) is 0 Å². The summed E-state index contributed by atoms with van der Waals surface area (Å²) in [5.41, 5.74) is 0.710. The van der Waals surface area contributed by atoms with Crippen LogP contribution in [-0.2, 0) is 4.79 Å². The topological polar surface area (TPSA) is 40.5 Å². The van der Waals surface area contributed by atoms with Gasteiger partial charge in [-0.25, -0.2) is 0 Å². The number of aliphatic hydroxyl groups is 1. The lowest BCUT2D eigenvalue weighted by molar-refractivity contribution is -0.127. The molecule has 0 radical (unpaired) electrons. The zero-order valence-electron chi connectivity index (χ0n) is 10.4. The lowest BCUT2D eigenvalue weighted by Crippen LogP contribution is -2.36. The molecule has 0 bridgehead atoms. The Bertz CT molecular complexity index is 502. The number of carbonyl (C=O) groups is 1. The van der Waals surface area contributed by atoms with Crippen molar-refractivity contribution in [3.63, 3.8) is 0 Å². The van der Waals surface area contributed by atoms with E-state index >= 15 is 0 Å². The summed E-state index contributed by atoms with van der Waals surface area (Å²) in [6.07, 6.45) is 4.92. The molecule has 5 heteroatoms. The van der Waals surface area contributed by atoms with Crippen LogP contribution in [-0.4, -0.2) is 35.1 Å². The van der Waals surface area contributed by atoms with Crippen molar-refractivity contribution in [3.05, 3.63) is 39.9 Å². The molecule has 1 saturated heterocycles. The fourth-order valence-corrected chi connectivity index (χ4v) is 2.59. The Morgan fingerprint density at radius 3 is 3.00 bits per heavy atom. The third-order valence-corrected chi connectivity index (χ3v) is 4.09. The Hall–Kier alpha value is -1.03. The first-order chi connectivity index (χ1) is 9.13. The lowest BCUT2D eigenvalue weighted by Gasteiger charge is -2.21. The first-order valence-corrected chi connectivity index (χ1v) is 6.92. The van der Waals surface area contributed by atoms with Crippen molar-refractivity contribution in [3.8, 4) is 0 Å². The van der Waals surface area contributed by atoms with E-state index in [1.165, 1.54) is 6.08 Å². The van der Waals surface area contributed by atoms with E-state index in [0.717, 1.165) is 12.8 Å². The molecule has 1 heterocycles. The summed E-state index contributed by atoms with van der Waals surface area (Å²) in [4.78, 5) is 13.7. The zero-order valence-corrected chi connectivity index (χ0v) is 11.9. The maximum atomic E-state index is 12.0. The second-order valence-corrected chi connectivity index (χ2v) is 5.27. The number of amides is 1. The highest BCUT2D eigenvalue weighted by Gasteiger charge is 2.26. The van der Waals surface area contributed by atoms with Crippen LogP contribution in [0.25, 0.3) is 6.08 Å². The molecule has 3 nitrogen and oxygen atoms in total. The van der Waals surface area contributed by atoms with Gasteiger partial charge in [0.05, 0.1) is 22.7 Å². The molecule has 0 aromatic heterocycles. The normalized spacial score (nSPS) is 19.3. The molecule has 1 aliphatic rings. The highest BCUT2D eigenvalue weighted by molar-refractivity contribution is 6.42. The number of hydrogen-bond donors (Lipinski definition) is 1. The molecule has 1 aromatic rings. The van der Waals surface area contributed by atoms with E-state index in [0.29, 0.717) is 22.2 Å². The van der Waals surface area contributed by atoms with E-state index in [1.54, 1.807) is 29.2 Å². The minimum atomic E-state index is -0.104. The average Bonchev–Trinajstić information content (AvgIpc) is 2.88. The van der Waals surface area contributed by atoms with Gasteiger partial charge in [0.2, 0.25) is 5.91 Å². The van der Waals surface area contributed by atoms with Crippen LogP contribution in [0.4, 0.5) is 0 Å². The standard InChI is InChI=1S/C14H15Cl2NO2/c15-12-5-1-3-10(14(12)16)6-7-13(19)17-8-2-4-11(17)9-18/h1,3,5-7,11,18H,2,4,8-9H2/t11-/m0/s1. The van der Waals surface area contributed by atoms with E-state index in [2.05, 4.69) is 0 Å². The van der Waals surface area contributed by atoms with Gasteiger partial charge in [0, 0.05) is 12.6 Å². The second-order valence-electron chi connectivity index (χ2n) is 4.49. The van der Waals surface area contributed by atoms with Gasteiger partial charge in [-0.15, -0.1) is 0 Å². The van der Waals surface area contributed by atoms with Crippen LogP contribution in [0.2, 0.25) is 10.0 Å². The summed E-state index contributed by atoms with van der Waals surface area (Å²) in [6.45, 7) is 0.704. The second kappa shape index (κ2) is 6.42. The Balaban J connectivity index is 2.10. The van der Waals surface area contributed by atoms with Gasteiger partial charge in [-0.3, -0.25) is 4.79 Å². The van der Waals surface area contributed by atoms with Gasteiger partial charge in [0.1, 0.15) is 0 Å². The number of carbonyl (C=O) groups excluding carboxylic acids is 1. The third kappa shape index (κ3) is 3.30. The Morgan fingerprint density at radius 1 is 1.47 bits per heavy atom. The summed E-state index contributed by atoms with van der Waals surface area (Å²) in [7, 11) is 0. The minimum absolute atomic E-state index is 0.0114. The third-order valence-electron chi connectivity index (χ3n) is 3.26. The van der Waals surface area contributed by atoms with Crippen molar-refractivity contribution in [1.29, 1.82) is 0 Å². The zero-order chi connectivity index (χ0) is 13.8. The van der Waals surface area contributed by atoms with Gasteiger partial charge in [0.15, 0.2) is 0 Å². The van der Waals surface area contributed by atoms with Crippen molar-refractivity contribution < 1.29 is 9.90 Å². The molecule has 1 N–H and O–H groups in total. The number of halogens is 2. The number of benzene rings is 1. The summed E-state index contributed by atoms with van der Waals surface area (Å²) in [5.74, 6) is -0.104. The fraction of sp³-hybridized carbons (Fsp3) is 0.357. The molecule has 0 spiro atoms. The molecule has 0 saturated carbocycles. The van der Waals surface area contributed by atoms with Crippen molar-refractivity contribution >= 4 is 35.2 Å². The average molecular weight is 300 g/mol. The molecule has 0 aliphatic carbocycles. The molecule has 19 heavy (non-hydrogen) atoms. The minimum Gasteiger partial charge on any atom is -0.394 e. The summed E-state index contributed by atoms with van der Waals surface area (Å²) >= 11 is 12.0. The smallest absolute Gasteiger partial charge is 0.246 e. The molecule has 1 amide bonds. The van der Waals surface area contributed by atoms with Crippen LogP contribution in [0.5, 0.6) is 0 Å². The Labute approximate surface area is 122 Å². The predicted molar refractivity (Wildman–Crippen MR) is 77.3 cm³/mol. The van der Waals surface area contributed by atoms with Gasteiger partial charge in [-0.05, 0) is 30.5 Å². The Kier molecular flexibility index (Phi) is 4.86. The molecule has 1 aliphatic heterocycles. The maximum absolute atomic E-state index is 12.0. The van der Waals surface area contributed by atoms with Crippen LogP contribution in [0.1, 0.15) is 18.4 Å². The molecule has 2 rings (SSSR count). The fourth-order valence-electron chi connectivity index (χ4n) is 2.22. The SMILES string of the molecule is O=C(C=Cc1cccc(Cl)c1Cl)N1CCC[C@H]1CO.